The first-order valence-corrected chi connectivity index (χ1v) is 7.15. The number of thioether (sulfide) groups is 1. The lowest BCUT2D eigenvalue weighted by Gasteiger charge is -2.11. The first kappa shape index (κ1) is 13.3. The van der Waals surface area contributed by atoms with E-state index in [4.69, 9.17) is 5.11 Å². The largest absolute Gasteiger partial charge is 0.478 e. The summed E-state index contributed by atoms with van der Waals surface area (Å²) in [4.78, 5) is 11.0. The zero-order chi connectivity index (χ0) is 12.1. The van der Waals surface area contributed by atoms with Gasteiger partial charge in [-0.15, -0.1) is 0 Å². The number of aromatic carboxylic acids is 1. The number of hydrogen-bond acceptors (Lipinski definition) is 5. The minimum atomic E-state index is -0.911. The number of carbonyl (C=O) groups is 1. The van der Waals surface area contributed by atoms with Gasteiger partial charge in [0.2, 0.25) is 0 Å². The number of anilines is 1. The molecule has 16 heavy (non-hydrogen) atoms. The number of rotatable bonds is 6. The van der Waals surface area contributed by atoms with E-state index in [0.29, 0.717) is 22.2 Å². The molecule has 0 saturated heterocycles. The maximum Gasteiger partial charge on any atom is 0.340 e. The summed E-state index contributed by atoms with van der Waals surface area (Å²) in [7, 11) is 0. The Morgan fingerprint density at radius 2 is 2.38 bits per heavy atom. The Labute approximate surface area is 104 Å². The molecule has 0 radical (unpaired) electrons. The monoisotopic (exact) mass is 260 g/mol. The number of aryl methyl sites for hydroxylation is 1. The summed E-state index contributed by atoms with van der Waals surface area (Å²) >= 11 is 3.01. The summed E-state index contributed by atoms with van der Waals surface area (Å²) in [6.07, 6.45) is 2.07. The summed E-state index contributed by atoms with van der Waals surface area (Å²) < 4.78 is 4.05. The second-order valence-corrected chi connectivity index (χ2v) is 5.40. The minimum Gasteiger partial charge on any atom is -0.478 e. The molecule has 2 N–H and O–H groups in total. The van der Waals surface area contributed by atoms with E-state index in [1.54, 1.807) is 18.7 Å². The van der Waals surface area contributed by atoms with Gasteiger partial charge in [-0.25, -0.2) is 4.79 Å². The lowest BCUT2D eigenvalue weighted by Crippen LogP contribution is -2.14. The Morgan fingerprint density at radius 1 is 1.69 bits per heavy atom. The molecular weight excluding hydrogens is 244 g/mol. The Balaban J connectivity index is 2.64. The topological polar surface area (TPSA) is 62.2 Å². The van der Waals surface area contributed by atoms with Crippen LogP contribution in [0.5, 0.6) is 0 Å². The van der Waals surface area contributed by atoms with Crippen molar-refractivity contribution in [3.05, 3.63) is 11.3 Å². The number of carboxylic acids is 1. The highest BCUT2D eigenvalue weighted by atomic mass is 32.2. The van der Waals surface area contributed by atoms with Crippen molar-refractivity contribution in [2.45, 2.75) is 13.8 Å². The maximum atomic E-state index is 11.0. The van der Waals surface area contributed by atoms with Crippen LogP contribution >= 0.6 is 23.3 Å². The molecule has 1 aromatic rings. The molecule has 1 rings (SSSR count). The van der Waals surface area contributed by atoms with E-state index in [-0.39, 0.29) is 0 Å². The van der Waals surface area contributed by atoms with Crippen molar-refractivity contribution in [1.82, 2.24) is 4.37 Å². The average molecular weight is 260 g/mol. The molecule has 0 saturated carbocycles. The van der Waals surface area contributed by atoms with Crippen LogP contribution in [0.2, 0.25) is 0 Å². The van der Waals surface area contributed by atoms with Crippen LogP contribution in [0.4, 0.5) is 5.00 Å². The van der Waals surface area contributed by atoms with Gasteiger partial charge in [0.1, 0.15) is 10.6 Å². The molecule has 6 heteroatoms. The third kappa shape index (κ3) is 3.38. The van der Waals surface area contributed by atoms with Gasteiger partial charge in [0.05, 0.1) is 5.69 Å². The molecule has 0 aliphatic carbocycles. The molecule has 0 spiro atoms. The average Bonchev–Trinajstić information content (AvgIpc) is 2.57. The number of nitrogens with zero attached hydrogens (tertiary/aromatic N) is 1. The zero-order valence-electron chi connectivity index (χ0n) is 9.61. The Kier molecular flexibility index (Phi) is 5.08. The lowest BCUT2D eigenvalue weighted by molar-refractivity contribution is 0.0697. The Morgan fingerprint density at radius 3 is 2.94 bits per heavy atom. The number of carboxylic acid groups (broad SMARTS) is 1. The van der Waals surface area contributed by atoms with E-state index in [9.17, 15) is 4.79 Å². The highest BCUT2D eigenvalue weighted by molar-refractivity contribution is 7.98. The molecule has 1 atom stereocenters. The van der Waals surface area contributed by atoms with Crippen molar-refractivity contribution < 1.29 is 9.90 Å². The van der Waals surface area contributed by atoms with E-state index in [0.717, 1.165) is 12.3 Å². The molecule has 0 amide bonds. The minimum absolute atomic E-state index is 0.307. The molecule has 4 nitrogen and oxygen atoms in total. The summed E-state index contributed by atoms with van der Waals surface area (Å²) in [6.45, 7) is 4.64. The Hall–Kier alpha value is -0.750. The van der Waals surface area contributed by atoms with E-state index in [1.807, 2.05) is 0 Å². The van der Waals surface area contributed by atoms with Gasteiger partial charge in [-0.05, 0) is 36.4 Å². The summed E-state index contributed by atoms with van der Waals surface area (Å²) in [6, 6.07) is 0. The SMILES string of the molecule is CSCC(C)CNc1snc(C)c1C(=O)O. The van der Waals surface area contributed by atoms with Crippen molar-refractivity contribution in [3.63, 3.8) is 0 Å². The van der Waals surface area contributed by atoms with Crippen LogP contribution in [0.3, 0.4) is 0 Å². The second kappa shape index (κ2) is 6.10. The fourth-order valence-corrected chi connectivity index (χ4v) is 2.83. The van der Waals surface area contributed by atoms with E-state index < -0.39 is 5.97 Å². The molecule has 0 bridgehead atoms. The summed E-state index contributed by atoms with van der Waals surface area (Å²) in [5.74, 6) is 0.665. The van der Waals surface area contributed by atoms with Crippen LogP contribution in [0, 0.1) is 12.8 Å². The molecular formula is C10H16N2O2S2. The van der Waals surface area contributed by atoms with Crippen molar-refractivity contribution >= 4 is 34.3 Å². The third-order valence-electron chi connectivity index (χ3n) is 2.14. The van der Waals surface area contributed by atoms with Gasteiger partial charge in [-0.1, -0.05) is 6.92 Å². The van der Waals surface area contributed by atoms with Crippen molar-refractivity contribution in [3.8, 4) is 0 Å². The van der Waals surface area contributed by atoms with E-state index >= 15 is 0 Å². The summed E-state index contributed by atoms with van der Waals surface area (Å²) in [5, 5.41) is 12.9. The molecule has 90 valence electrons. The number of hydrogen-bond donors (Lipinski definition) is 2. The van der Waals surface area contributed by atoms with Crippen LogP contribution in [0.25, 0.3) is 0 Å². The highest BCUT2D eigenvalue weighted by Gasteiger charge is 2.17. The van der Waals surface area contributed by atoms with Gasteiger partial charge in [-0.3, -0.25) is 0 Å². The van der Waals surface area contributed by atoms with Gasteiger partial charge in [0.15, 0.2) is 0 Å². The first-order chi connectivity index (χ1) is 7.56. The van der Waals surface area contributed by atoms with E-state index in [2.05, 4.69) is 22.9 Å². The quantitative estimate of drug-likeness (QED) is 0.823. The van der Waals surface area contributed by atoms with Crippen molar-refractivity contribution in [2.75, 3.05) is 23.9 Å². The fourth-order valence-electron chi connectivity index (χ4n) is 1.35. The highest BCUT2D eigenvalue weighted by Crippen LogP contribution is 2.24. The Bertz CT molecular complexity index is 366. The molecule has 0 aliphatic rings. The zero-order valence-corrected chi connectivity index (χ0v) is 11.2. The molecule has 1 aromatic heterocycles. The van der Waals surface area contributed by atoms with Crippen LogP contribution in [-0.4, -0.2) is 34.0 Å². The van der Waals surface area contributed by atoms with Gasteiger partial charge in [0, 0.05) is 6.54 Å². The van der Waals surface area contributed by atoms with Crippen LogP contribution < -0.4 is 5.32 Å². The van der Waals surface area contributed by atoms with Crippen LogP contribution in [0.1, 0.15) is 23.0 Å². The molecule has 1 unspecified atom stereocenters. The normalized spacial score (nSPS) is 12.4. The molecule has 0 aliphatic heterocycles. The standard InChI is InChI=1S/C10H16N2O2S2/c1-6(5-15-3)4-11-9-8(10(13)14)7(2)12-16-9/h6,11H,4-5H2,1-3H3,(H,13,14). The van der Waals surface area contributed by atoms with Gasteiger partial charge >= 0.3 is 5.97 Å². The maximum absolute atomic E-state index is 11.0. The number of nitrogens with one attached hydrogen (secondary N) is 1. The van der Waals surface area contributed by atoms with Crippen molar-refractivity contribution in [2.24, 2.45) is 5.92 Å². The predicted molar refractivity (Wildman–Crippen MR) is 69.8 cm³/mol. The molecule has 1 heterocycles. The van der Waals surface area contributed by atoms with Crippen molar-refractivity contribution in [1.29, 1.82) is 0 Å². The molecule has 0 fully saturated rings. The van der Waals surface area contributed by atoms with Gasteiger partial charge < -0.3 is 10.4 Å². The van der Waals surface area contributed by atoms with Gasteiger partial charge in [0.25, 0.3) is 0 Å². The summed E-state index contributed by atoms with van der Waals surface area (Å²) in [5.41, 5.74) is 0.888. The predicted octanol–water partition coefficient (Wildman–Crippen LogP) is 2.56. The second-order valence-electron chi connectivity index (χ2n) is 3.72. The first-order valence-electron chi connectivity index (χ1n) is 4.98. The number of aromatic nitrogens is 1. The van der Waals surface area contributed by atoms with E-state index in [1.165, 1.54) is 11.5 Å². The van der Waals surface area contributed by atoms with Crippen LogP contribution in [0.15, 0.2) is 0 Å². The van der Waals surface area contributed by atoms with Crippen LogP contribution in [-0.2, 0) is 0 Å². The third-order valence-corrected chi connectivity index (χ3v) is 3.94. The fraction of sp³-hybridized carbons (Fsp3) is 0.600. The lowest BCUT2D eigenvalue weighted by atomic mass is 10.2. The molecule has 0 aromatic carbocycles. The smallest absolute Gasteiger partial charge is 0.340 e. The van der Waals surface area contributed by atoms with Gasteiger partial charge in [-0.2, -0.15) is 16.1 Å².